The van der Waals surface area contributed by atoms with Gasteiger partial charge in [-0.1, -0.05) is 0 Å². The van der Waals surface area contributed by atoms with Crippen molar-refractivity contribution >= 4 is 22.8 Å². The van der Waals surface area contributed by atoms with Gasteiger partial charge in [-0.15, -0.1) is 10.2 Å². The van der Waals surface area contributed by atoms with Gasteiger partial charge in [0.05, 0.1) is 6.54 Å². The van der Waals surface area contributed by atoms with Crippen LogP contribution in [0.3, 0.4) is 0 Å². The first-order valence-electron chi connectivity index (χ1n) is 8.57. The molecule has 1 atom stereocenters. The Hall–Kier alpha value is -2.63. The summed E-state index contributed by atoms with van der Waals surface area (Å²) in [5.74, 6) is -6.97. The monoisotopic (exact) mass is 454 g/mol. The molecular formula is C17H13ClF6N4O2. The van der Waals surface area contributed by atoms with Gasteiger partial charge in [0, 0.05) is 31.5 Å². The molecule has 0 saturated carbocycles. The number of halogens is 7. The lowest BCUT2D eigenvalue weighted by Gasteiger charge is -2.29. The van der Waals surface area contributed by atoms with Gasteiger partial charge in [-0.3, -0.25) is 9.59 Å². The molecule has 0 unspecified atom stereocenters. The highest BCUT2D eigenvalue weighted by Crippen LogP contribution is 2.30. The Bertz CT molecular complexity index is 993. The Balaban J connectivity index is 1.71. The third-order valence-electron chi connectivity index (χ3n) is 4.66. The molecule has 0 fully saturated rings. The predicted molar refractivity (Wildman–Crippen MR) is 89.4 cm³/mol. The van der Waals surface area contributed by atoms with Crippen LogP contribution in [0.25, 0.3) is 0 Å². The molecule has 0 bridgehead atoms. The van der Waals surface area contributed by atoms with E-state index in [2.05, 4.69) is 10.2 Å². The van der Waals surface area contributed by atoms with Crippen LogP contribution in [-0.4, -0.2) is 37.4 Å². The second-order valence-electron chi connectivity index (χ2n) is 6.67. The van der Waals surface area contributed by atoms with Gasteiger partial charge in [-0.05, 0) is 29.7 Å². The fourth-order valence-corrected chi connectivity index (χ4v) is 3.29. The Labute approximate surface area is 170 Å². The van der Waals surface area contributed by atoms with E-state index in [9.17, 15) is 35.9 Å². The number of fused-ring (bicyclic) bond motifs is 1. The van der Waals surface area contributed by atoms with Crippen molar-refractivity contribution in [1.82, 2.24) is 19.7 Å². The molecule has 2 aromatic rings. The van der Waals surface area contributed by atoms with Gasteiger partial charge in [-0.25, -0.2) is 13.2 Å². The molecule has 13 heteroatoms. The molecule has 1 aromatic heterocycles. The minimum absolute atomic E-state index is 0.0812. The zero-order valence-corrected chi connectivity index (χ0v) is 15.8. The van der Waals surface area contributed by atoms with Gasteiger partial charge in [0.1, 0.15) is 5.82 Å². The van der Waals surface area contributed by atoms with Crippen LogP contribution >= 0.6 is 11.6 Å². The number of rotatable bonds is 5. The summed E-state index contributed by atoms with van der Waals surface area (Å²) in [7, 11) is 0. The maximum absolute atomic E-state index is 13.8. The number of hydrogen-bond donors (Lipinski definition) is 0. The highest BCUT2D eigenvalue weighted by Gasteiger charge is 2.40. The molecule has 3 rings (SSSR count). The molecule has 0 saturated heterocycles. The van der Waals surface area contributed by atoms with Gasteiger partial charge in [-0.2, -0.15) is 13.2 Å². The molecule has 1 aliphatic rings. The van der Waals surface area contributed by atoms with Crippen molar-refractivity contribution in [3.8, 4) is 0 Å². The van der Waals surface area contributed by atoms with Crippen LogP contribution < -0.4 is 0 Å². The molecule has 1 aliphatic heterocycles. The van der Waals surface area contributed by atoms with Crippen molar-refractivity contribution in [2.45, 2.75) is 32.1 Å². The first kappa shape index (κ1) is 22.1. The SMILES string of the molecule is O=C(Cl)[C@@H](CC(=O)N1CCn2c(nnc2C(F)(F)F)C1)Cc1cc(F)c(F)cc1F. The minimum Gasteiger partial charge on any atom is -0.333 e. The second kappa shape index (κ2) is 8.25. The average molecular weight is 455 g/mol. The van der Waals surface area contributed by atoms with Crippen LogP contribution in [0.2, 0.25) is 0 Å². The highest BCUT2D eigenvalue weighted by molar-refractivity contribution is 6.64. The van der Waals surface area contributed by atoms with Crippen LogP contribution in [0.1, 0.15) is 23.6 Å². The van der Waals surface area contributed by atoms with E-state index < -0.39 is 59.4 Å². The van der Waals surface area contributed by atoms with Crippen LogP contribution in [0.4, 0.5) is 26.3 Å². The lowest BCUT2D eigenvalue weighted by molar-refractivity contribution is -0.148. The number of amides is 1. The van der Waals surface area contributed by atoms with Crippen LogP contribution in [-0.2, 0) is 35.3 Å². The third kappa shape index (κ3) is 4.58. The summed E-state index contributed by atoms with van der Waals surface area (Å²) in [5, 5.41) is 5.55. The van der Waals surface area contributed by atoms with Gasteiger partial charge >= 0.3 is 6.18 Å². The molecule has 6 nitrogen and oxygen atoms in total. The quantitative estimate of drug-likeness (QED) is 0.396. The Morgan fingerprint density at radius 2 is 1.73 bits per heavy atom. The number of alkyl halides is 3. The maximum atomic E-state index is 13.8. The van der Waals surface area contributed by atoms with Crippen molar-refractivity contribution in [2.24, 2.45) is 5.92 Å². The topological polar surface area (TPSA) is 68.1 Å². The van der Waals surface area contributed by atoms with E-state index in [1.165, 1.54) is 4.90 Å². The normalized spacial score (nSPS) is 15.1. The van der Waals surface area contributed by atoms with E-state index in [-0.39, 0.29) is 31.0 Å². The summed E-state index contributed by atoms with van der Waals surface area (Å²) in [6, 6.07) is 0.891. The summed E-state index contributed by atoms with van der Waals surface area (Å²) in [4.78, 5) is 25.4. The molecule has 1 amide bonds. The number of aromatic nitrogens is 3. The lowest BCUT2D eigenvalue weighted by Crippen LogP contribution is -2.40. The number of benzene rings is 1. The molecule has 1 aromatic carbocycles. The maximum Gasteiger partial charge on any atom is 0.451 e. The van der Waals surface area contributed by atoms with Crippen molar-refractivity contribution in [3.63, 3.8) is 0 Å². The van der Waals surface area contributed by atoms with Crippen molar-refractivity contribution in [2.75, 3.05) is 6.54 Å². The summed E-state index contributed by atoms with van der Waals surface area (Å²) >= 11 is 5.48. The van der Waals surface area contributed by atoms with Gasteiger partial charge in [0.15, 0.2) is 17.5 Å². The zero-order chi connectivity index (χ0) is 22.2. The molecule has 0 radical (unpaired) electrons. The number of carbonyl (C=O) groups excluding carboxylic acids is 2. The van der Waals surface area contributed by atoms with E-state index in [1.54, 1.807) is 0 Å². The highest BCUT2D eigenvalue weighted by atomic mass is 35.5. The summed E-state index contributed by atoms with van der Waals surface area (Å²) < 4.78 is 79.8. The van der Waals surface area contributed by atoms with Gasteiger partial charge in [0.2, 0.25) is 17.0 Å². The van der Waals surface area contributed by atoms with Gasteiger partial charge < -0.3 is 9.47 Å². The Kier molecular flexibility index (Phi) is 6.06. The summed E-state index contributed by atoms with van der Waals surface area (Å²) in [6.45, 7) is -0.583. The van der Waals surface area contributed by atoms with Crippen molar-refractivity contribution in [1.29, 1.82) is 0 Å². The first-order valence-corrected chi connectivity index (χ1v) is 8.95. The Morgan fingerprint density at radius 1 is 1.07 bits per heavy atom. The molecule has 162 valence electrons. The number of carbonyl (C=O) groups is 2. The molecule has 0 aliphatic carbocycles. The van der Waals surface area contributed by atoms with Crippen molar-refractivity contribution in [3.05, 3.63) is 46.8 Å². The van der Waals surface area contributed by atoms with Crippen molar-refractivity contribution < 1.29 is 35.9 Å². The smallest absolute Gasteiger partial charge is 0.333 e. The summed E-state index contributed by atoms with van der Waals surface area (Å²) in [6.07, 6.45) is -5.65. The van der Waals surface area contributed by atoms with E-state index in [0.717, 1.165) is 4.57 Å². The fourth-order valence-electron chi connectivity index (χ4n) is 3.14. The van der Waals surface area contributed by atoms with E-state index in [0.29, 0.717) is 12.1 Å². The van der Waals surface area contributed by atoms with Crippen LogP contribution in [0, 0.1) is 23.4 Å². The predicted octanol–water partition coefficient (Wildman–Crippen LogP) is 3.07. The van der Waals surface area contributed by atoms with E-state index >= 15 is 0 Å². The molecule has 0 spiro atoms. The largest absolute Gasteiger partial charge is 0.451 e. The molecule has 30 heavy (non-hydrogen) atoms. The lowest BCUT2D eigenvalue weighted by atomic mass is 9.96. The van der Waals surface area contributed by atoms with E-state index in [4.69, 9.17) is 11.6 Å². The van der Waals surface area contributed by atoms with E-state index in [1.807, 2.05) is 0 Å². The standard InChI is InChI=1S/C17H13ClF6N4O2/c18-15(30)9(3-8-4-11(20)12(21)6-10(8)19)5-14(29)27-1-2-28-13(7-27)25-26-16(28)17(22,23)24/h4,6,9H,1-3,5,7H2/t9-/m1/s1. The van der Waals surface area contributed by atoms with Crippen LogP contribution in [0.5, 0.6) is 0 Å². The third-order valence-corrected chi connectivity index (χ3v) is 4.97. The first-order chi connectivity index (χ1) is 14.0. The fraction of sp³-hybridized carbons (Fsp3) is 0.412. The molecular weight excluding hydrogens is 442 g/mol. The zero-order valence-electron chi connectivity index (χ0n) is 15.0. The minimum atomic E-state index is -4.69. The van der Waals surface area contributed by atoms with Gasteiger partial charge in [0.25, 0.3) is 0 Å². The van der Waals surface area contributed by atoms with Crippen LogP contribution in [0.15, 0.2) is 12.1 Å². The summed E-state index contributed by atoms with van der Waals surface area (Å²) in [5.41, 5.74) is -0.339. The Morgan fingerprint density at radius 3 is 2.37 bits per heavy atom. The number of nitrogens with zero attached hydrogens (tertiary/aromatic N) is 4. The second-order valence-corrected chi connectivity index (χ2v) is 7.04. The molecule has 2 heterocycles. The number of hydrogen-bond acceptors (Lipinski definition) is 4. The average Bonchev–Trinajstić information content (AvgIpc) is 3.08. The molecule has 0 N–H and O–H groups in total.